The lowest BCUT2D eigenvalue weighted by atomic mass is 9.89. The van der Waals surface area contributed by atoms with Crippen LogP contribution >= 0.6 is 0 Å². The average molecular weight is 355 g/mol. The average Bonchev–Trinajstić information content (AvgIpc) is 3.13. The van der Waals surface area contributed by atoms with Crippen molar-refractivity contribution in [3.05, 3.63) is 41.7 Å². The molecule has 1 amide bonds. The van der Waals surface area contributed by atoms with Crippen LogP contribution in [0, 0.1) is 17.7 Å². The first-order valence-corrected chi connectivity index (χ1v) is 9.40. The molecule has 7 heteroatoms. The van der Waals surface area contributed by atoms with Crippen molar-refractivity contribution in [1.82, 2.24) is 19.7 Å². The molecule has 2 aromatic rings. The minimum absolute atomic E-state index is 0.324. The van der Waals surface area contributed by atoms with Crippen LogP contribution in [0.25, 0.3) is 0 Å². The van der Waals surface area contributed by atoms with Crippen molar-refractivity contribution < 1.29 is 9.18 Å². The van der Waals surface area contributed by atoms with Gasteiger partial charge in [-0.25, -0.2) is 4.39 Å². The zero-order valence-corrected chi connectivity index (χ0v) is 14.6. The molecular weight excluding hydrogens is 333 g/mol. The number of aromatic nitrogens is 3. The Balaban J connectivity index is 1.32. The summed E-state index contributed by atoms with van der Waals surface area (Å²) >= 11 is 0. The number of hydrogen-bond donors (Lipinski definition) is 1. The number of halogens is 1. The molecule has 6 nitrogen and oxygen atoms in total. The quantitative estimate of drug-likeness (QED) is 0.918. The summed E-state index contributed by atoms with van der Waals surface area (Å²) in [4.78, 5) is 15.2. The topological polar surface area (TPSA) is 63.1 Å². The third kappa shape index (κ3) is 2.70. The van der Waals surface area contributed by atoms with E-state index in [2.05, 4.69) is 20.4 Å². The molecule has 26 heavy (non-hydrogen) atoms. The molecule has 0 unspecified atom stereocenters. The maximum Gasteiger partial charge on any atom is 0.293 e. The molecule has 2 fully saturated rings. The minimum atomic E-state index is -0.379. The number of anilines is 1. The number of nitrogens with one attached hydrogen (secondary N) is 1. The summed E-state index contributed by atoms with van der Waals surface area (Å²) < 4.78 is 15.3. The Kier molecular flexibility index (Phi) is 3.77. The summed E-state index contributed by atoms with van der Waals surface area (Å²) in [7, 11) is 0. The van der Waals surface area contributed by atoms with Crippen molar-refractivity contribution in [3.8, 4) is 0 Å². The predicted octanol–water partition coefficient (Wildman–Crippen LogP) is 2.33. The number of benzene rings is 1. The van der Waals surface area contributed by atoms with E-state index in [-0.39, 0.29) is 11.7 Å². The zero-order chi connectivity index (χ0) is 17.7. The number of amides is 1. The molecule has 1 N–H and O–H groups in total. The first-order valence-electron chi connectivity index (χ1n) is 9.40. The van der Waals surface area contributed by atoms with Gasteiger partial charge in [-0.1, -0.05) is 12.5 Å². The monoisotopic (exact) mass is 355 g/mol. The summed E-state index contributed by atoms with van der Waals surface area (Å²) in [6, 6.07) is 6.65. The molecule has 1 aromatic carbocycles. The molecule has 1 aliphatic carbocycles. The number of carbonyl (C=O) groups excluding carboxylic acids is 1. The maximum absolute atomic E-state index is 13.3. The van der Waals surface area contributed by atoms with Crippen molar-refractivity contribution >= 4 is 11.6 Å². The highest BCUT2D eigenvalue weighted by Crippen LogP contribution is 2.37. The number of likely N-dealkylation sites (tertiary alicyclic amines) is 1. The van der Waals surface area contributed by atoms with E-state index < -0.39 is 0 Å². The highest BCUT2D eigenvalue weighted by atomic mass is 19.1. The van der Waals surface area contributed by atoms with Crippen LogP contribution in [0.4, 0.5) is 10.1 Å². The molecular formula is C19H22FN5O. The van der Waals surface area contributed by atoms with Gasteiger partial charge in [0, 0.05) is 37.8 Å². The van der Waals surface area contributed by atoms with Crippen LogP contribution in [0.5, 0.6) is 0 Å². The number of rotatable bonds is 3. The van der Waals surface area contributed by atoms with Crippen LogP contribution in [0.3, 0.4) is 0 Å². The third-order valence-corrected chi connectivity index (χ3v) is 6.17. The molecule has 5 rings (SSSR count). The van der Waals surface area contributed by atoms with E-state index in [1.165, 1.54) is 31.4 Å². The molecule has 2 aliphatic heterocycles. The van der Waals surface area contributed by atoms with Crippen LogP contribution in [-0.4, -0.2) is 44.7 Å². The van der Waals surface area contributed by atoms with Gasteiger partial charge in [0.25, 0.3) is 5.91 Å². The Morgan fingerprint density at radius 1 is 1.15 bits per heavy atom. The molecule has 1 saturated carbocycles. The van der Waals surface area contributed by atoms with Crippen LogP contribution in [-0.2, 0) is 13.0 Å². The molecule has 0 spiro atoms. The standard InChI is InChI=1S/C19H22FN5O/c20-14-3-1-4-15(8-14)21-19(26)18-23-22-17-7-12-9-24(16-5-2-6-16)10-13(12)11-25(17)18/h1,3-4,8,12-13,16H,2,5-7,9-11H2,(H,21,26)/t12-,13+/m1/s1. The lowest BCUT2D eigenvalue weighted by Crippen LogP contribution is -2.38. The van der Waals surface area contributed by atoms with Gasteiger partial charge < -0.3 is 9.88 Å². The molecule has 3 aliphatic rings. The van der Waals surface area contributed by atoms with Gasteiger partial charge in [0.2, 0.25) is 5.82 Å². The Labute approximate surface area is 151 Å². The summed E-state index contributed by atoms with van der Waals surface area (Å²) in [5, 5.41) is 11.1. The fourth-order valence-corrected chi connectivity index (χ4v) is 4.53. The van der Waals surface area contributed by atoms with Gasteiger partial charge in [0.15, 0.2) is 0 Å². The van der Waals surface area contributed by atoms with Crippen molar-refractivity contribution in [1.29, 1.82) is 0 Å². The smallest absolute Gasteiger partial charge is 0.293 e. The van der Waals surface area contributed by atoms with E-state index in [0.717, 1.165) is 37.9 Å². The second-order valence-corrected chi connectivity index (χ2v) is 7.78. The van der Waals surface area contributed by atoms with Crippen molar-refractivity contribution in [2.45, 2.75) is 38.3 Å². The SMILES string of the molecule is O=C(Nc1cccc(F)c1)c1nnc2n1C[C@@H]1CN(C3CCC3)C[C@H]1C2. The molecule has 1 aromatic heterocycles. The number of nitrogens with zero attached hydrogens (tertiary/aromatic N) is 4. The number of carbonyl (C=O) groups is 1. The Bertz CT molecular complexity index is 846. The Hall–Kier alpha value is -2.28. The number of hydrogen-bond acceptors (Lipinski definition) is 4. The molecule has 2 atom stereocenters. The number of fused-ring (bicyclic) bond motifs is 2. The lowest BCUT2D eigenvalue weighted by molar-refractivity contribution is 0.100. The molecule has 0 radical (unpaired) electrons. The van der Waals surface area contributed by atoms with E-state index in [4.69, 9.17) is 0 Å². The molecule has 3 heterocycles. The highest BCUT2D eigenvalue weighted by Gasteiger charge is 2.42. The van der Waals surface area contributed by atoms with Crippen molar-refractivity contribution in [3.63, 3.8) is 0 Å². The van der Waals surface area contributed by atoms with Gasteiger partial charge in [0.05, 0.1) is 0 Å². The second kappa shape index (κ2) is 6.16. The van der Waals surface area contributed by atoms with Crippen molar-refractivity contribution in [2.75, 3.05) is 18.4 Å². The van der Waals surface area contributed by atoms with Crippen molar-refractivity contribution in [2.24, 2.45) is 11.8 Å². The van der Waals surface area contributed by atoms with Gasteiger partial charge in [-0.3, -0.25) is 9.69 Å². The van der Waals surface area contributed by atoms with Gasteiger partial charge in [-0.2, -0.15) is 0 Å². The molecule has 0 bridgehead atoms. The molecule has 136 valence electrons. The summed E-state index contributed by atoms with van der Waals surface area (Å²) in [5.74, 6) is 1.68. The van der Waals surface area contributed by atoms with E-state index >= 15 is 0 Å². The Morgan fingerprint density at radius 2 is 2.00 bits per heavy atom. The largest absolute Gasteiger partial charge is 0.319 e. The van der Waals surface area contributed by atoms with Gasteiger partial charge in [0.1, 0.15) is 11.6 Å². The van der Waals surface area contributed by atoms with Gasteiger partial charge >= 0.3 is 0 Å². The van der Waals surface area contributed by atoms with E-state index in [1.807, 2.05) is 4.57 Å². The third-order valence-electron chi connectivity index (χ3n) is 6.17. The summed E-state index contributed by atoms with van der Waals surface area (Å²) in [6.45, 7) is 3.05. The zero-order valence-electron chi connectivity index (χ0n) is 14.6. The van der Waals surface area contributed by atoms with Crippen LogP contribution < -0.4 is 5.32 Å². The normalized spacial score (nSPS) is 25.4. The summed E-state index contributed by atoms with van der Waals surface area (Å²) in [6.07, 6.45) is 4.89. The van der Waals surface area contributed by atoms with E-state index in [0.29, 0.717) is 23.3 Å². The van der Waals surface area contributed by atoms with E-state index in [9.17, 15) is 9.18 Å². The van der Waals surface area contributed by atoms with E-state index in [1.54, 1.807) is 12.1 Å². The fourth-order valence-electron chi connectivity index (χ4n) is 4.53. The lowest BCUT2D eigenvalue weighted by Gasteiger charge is -2.34. The minimum Gasteiger partial charge on any atom is -0.319 e. The fraction of sp³-hybridized carbons (Fsp3) is 0.526. The molecule has 1 saturated heterocycles. The van der Waals surface area contributed by atoms with Crippen LogP contribution in [0.1, 0.15) is 35.7 Å². The van der Waals surface area contributed by atoms with Gasteiger partial charge in [-0.05, 0) is 42.9 Å². The summed E-state index contributed by atoms with van der Waals surface area (Å²) in [5.41, 5.74) is 0.429. The van der Waals surface area contributed by atoms with Crippen LogP contribution in [0.15, 0.2) is 24.3 Å². The first kappa shape index (κ1) is 15.9. The van der Waals surface area contributed by atoms with Gasteiger partial charge in [-0.15, -0.1) is 10.2 Å². The Morgan fingerprint density at radius 3 is 2.77 bits per heavy atom. The highest BCUT2D eigenvalue weighted by molar-refractivity contribution is 6.01. The first-order chi connectivity index (χ1) is 12.7. The van der Waals surface area contributed by atoms with Crippen LogP contribution in [0.2, 0.25) is 0 Å². The maximum atomic E-state index is 13.3. The second-order valence-electron chi connectivity index (χ2n) is 7.78. The predicted molar refractivity (Wildman–Crippen MR) is 94.3 cm³/mol.